The average Bonchev–Trinajstić information content (AvgIpc) is 2.63. The van der Waals surface area contributed by atoms with Gasteiger partial charge in [-0.2, -0.15) is 0 Å². The number of nitrogens with one attached hydrogen (secondary N) is 2. The van der Waals surface area contributed by atoms with Crippen LogP contribution < -0.4 is 11.5 Å². The van der Waals surface area contributed by atoms with Crippen LogP contribution in [0, 0.1) is 7.91 Å². The van der Waals surface area contributed by atoms with Crippen LogP contribution in [0.2, 0.25) is 0 Å². The lowest BCUT2D eigenvalue weighted by Crippen LogP contribution is -1.79. The first-order valence-electron chi connectivity index (χ1n) is 3.20. The van der Waals surface area contributed by atoms with Crippen LogP contribution >= 0.6 is 47.1 Å². The van der Waals surface area contributed by atoms with Crippen molar-refractivity contribution in [1.29, 1.82) is 0 Å². The first kappa shape index (κ1) is 11.2. The van der Waals surface area contributed by atoms with Gasteiger partial charge in [-0.15, -0.1) is 10.2 Å². The Labute approximate surface area is 97.0 Å². The first-order chi connectivity index (χ1) is 6.58. The van der Waals surface area contributed by atoms with Gasteiger partial charge in [-0.3, -0.25) is 10.2 Å². The molecule has 6 N–H and O–H groups in total. The number of hydrogen-bond donors (Lipinski definition) is 4. The summed E-state index contributed by atoms with van der Waals surface area (Å²) in [5.41, 5.74) is 10.4. The maximum Gasteiger partial charge on any atom is 0.201 e. The number of hydrogen-bond acceptors (Lipinski definition) is 8. The molecule has 0 amide bonds. The van der Waals surface area contributed by atoms with Crippen LogP contribution in [-0.4, -0.2) is 20.4 Å². The highest BCUT2D eigenvalue weighted by molar-refractivity contribution is 7.73. The molecule has 2 rings (SSSR count). The number of aromatic amines is 2. The van der Waals surface area contributed by atoms with Crippen molar-refractivity contribution in [2.45, 2.75) is 0 Å². The number of anilines is 2. The Balaban J connectivity index is 0.000000140. The lowest BCUT2D eigenvalue weighted by molar-refractivity contribution is 1.09. The van der Waals surface area contributed by atoms with E-state index in [1.54, 1.807) is 0 Å². The highest BCUT2D eigenvalue weighted by Gasteiger charge is 1.83. The lowest BCUT2D eigenvalue weighted by atomic mass is 11.3. The van der Waals surface area contributed by atoms with E-state index >= 15 is 0 Å². The second kappa shape index (κ2) is 5.14. The van der Waals surface area contributed by atoms with E-state index in [0.29, 0.717) is 18.2 Å². The molecule has 6 nitrogen and oxygen atoms in total. The third-order valence-corrected chi connectivity index (χ3v) is 2.75. The van der Waals surface area contributed by atoms with Gasteiger partial charge in [0, 0.05) is 0 Å². The molecule has 2 aromatic rings. The molecule has 0 aliphatic heterocycles. The van der Waals surface area contributed by atoms with Crippen LogP contribution in [0.4, 0.5) is 10.3 Å². The molecular weight excluding hydrogens is 260 g/mol. The standard InChI is InChI=1S/2C2H3N3S2/c2*3-1-4-5-2(6)7-1/h2*(H2,3,4)(H,5,6). The van der Waals surface area contributed by atoms with Crippen LogP contribution in [0.5, 0.6) is 0 Å². The summed E-state index contributed by atoms with van der Waals surface area (Å²) in [6.45, 7) is 0. The van der Waals surface area contributed by atoms with E-state index in [4.69, 9.17) is 11.5 Å². The third-order valence-electron chi connectivity index (χ3n) is 0.909. The molecule has 0 saturated heterocycles. The van der Waals surface area contributed by atoms with Crippen LogP contribution in [-0.2, 0) is 0 Å². The van der Waals surface area contributed by atoms with Gasteiger partial charge in [0.1, 0.15) is 0 Å². The van der Waals surface area contributed by atoms with E-state index < -0.39 is 0 Å². The van der Waals surface area contributed by atoms with Crippen LogP contribution in [0.3, 0.4) is 0 Å². The highest BCUT2D eigenvalue weighted by atomic mass is 32.2. The smallest absolute Gasteiger partial charge is 0.201 e. The molecule has 0 spiro atoms. The maximum absolute atomic E-state index is 5.19. The molecule has 14 heavy (non-hydrogen) atoms. The average molecular weight is 266 g/mol. The SMILES string of the molecule is Nc1n[nH]c(=S)s1.Nc1n[nH]c(=S)s1. The Morgan fingerprint density at radius 3 is 1.36 bits per heavy atom. The molecule has 76 valence electrons. The van der Waals surface area contributed by atoms with E-state index in [1.165, 1.54) is 22.7 Å². The third kappa shape index (κ3) is 3.91. The van der Waals surface area contributed by atoms with Gasteiger partial charge < -0.3 is 11.5 Å². The van der Waals surface area contributed by atoms with E-state index in [2.05, 4.69) is 44.8 Å². The molecule has 0 fully saturated rings. The first-order valence-corrected chi connectivity index (χ1v) is 5.65. The fourth-order valence-corrected chi connectivity index (χ4v) is 1.83. The van der Waals surface area contributed by atoms with Crippen LogP contribution in [0.1, 0.15) is 0 Å². The van der Waals surface area contributed by atoms with Gasteiger partial charge in [-0.05, 0) is 24.4 Å². The molecule has 0 aliphatic rings. The van der Waals surface area contributed by atoms with Gasteiger partial charge in [0.25, 0.3) is 0 Å². The largest absolute Gasteiger partial charge is 0.374 e. The summed E-state index contributed by atoms with van der Waals surface area (Å²) in [7, 11) is 0. The predicted molar refractivity (Wildman–Crippen MR) is 63.4 cm³/mol. The van der Waals surface area contributed by atoms with E-state index in [1.807, 2.05) is 0 Å². The van der Waals surface area contributed by atoms with Crippen molar-refractivity contribution in [1.82, 2.24) is 20.4 Å². The monoisotopic (exact) mass is 266 g/mol. The van der Waals surface area contributed by atoms with Crippen molar-refractivity contribution >= 4 is 57.4 Å². The van der Waals surface area contributed by atoms with Crippen molar-refractivity contribution in [3.05, 3.63) is 7.91 Å². The van der Waals surface area contributed by atoms with Crippen molar-refractivity contribution in [3.8, 4) is 0 Å². The van der Waals surface area contributed by atoms with Gasteiger partial charge in [0.15, 0.2) is 7.91 Å². The minimum atomic E-state index is 0.491. The molecule has 0 aliphatic carbocycles. The molecule has 0 saturated carbocycles. The Hall–Kier alpha value is -0.840. The molecule has 2 heterocycles. The number of nitrogens with two attached hydrogens (primary N) is 2. The Bertz CT molecular complexity index is 444. The summed E-state index contributed by atoms with van der Waals surface area (Å²) in [6, 6.07) is 0. The normalized spacial score (nSPS) is 9.14. The Morgan fingerprint density at radius 2 is 1.29 bits per heavy atom. The lowest BCUT2D eigenvalue weighted by Gasteiger charge is -1.65. The zero-order chi connectivity index (χ0) is 10.6. The molecule has 0 unspecified atom stereocenters. The zero-order valence-corrected chi connectivity index (χ0v) is 9.95. The second-order valence-electron chi connectivity index (χ2n) is 1.90. The number of H-pyrrole nitrogens is 2. The summed E-state index contributed by atoms with van der Waals surface area (Å²) in [5, 5.41) is 13.2. The summed E-state index contributed by atoms with van der Waals surface area (Å²) in [4.78, 5) is 0. The fraction of sp³-hybridized carbons (Fsp3) is 0. The van der Waals surface area contributed by atoms with E-state index in [0.717, 1.165) is 0 Å². The number of rotatable bonds is 0. The second-order valence-corrected chi connectivity index (χ2v) is 5.30. The fourth-order valence-electron chi connectivity index (χ4n) is 0.483. The topological polar surface area (TPSA) is 109 Å². The highest BCUT2D eigenvalue weighted by Crippen LogP contribution is 2.04. The molecule has 10 heteroatoms. The molecule has 0 bridgehead atoms. The van der Waals surface area contributed by atoms with Crippen molar-refractivity contribution in [2.75, 3.05) is 11.5 Å². The summed E-state index contributed by atoms with van der Waals surface area (Å²) >= 11 is 11.8. The number of aromatic nitrogens is 4. The maximum atomic E-state index is 5.19. The van der Waals surface area contributed by atoms with Gasteiger partial charge in [0.2, 0.25) is 10.3 Å². The van der Waals surface area contributed by atoms with Gasteiger partial charge in [0.05, 0.1) is 0 Å². The van der Waals surface area contributed by atoms with Gasteiger partial charge in [-0.25, -0.2) is 0 Å². The van der Waals surface area contributed by atoms with Crippen molar-refractivity contribution < 1.29 is 0 Å². The number of nitrogens with zero attached hydrogens (tertiary/aromatic N) is 2. The van der Waals surface area contributed by atoms with Gasteiger partial charge >= 0.3 is 0 Å². The zero-order valence-electron chi connectivity index (χ0n) is 6.68. The predicted octanol–water partition coefficient (Wildman–Crippen LogP) is 1.57. The summed E-state index contributed by atoms with van der Waals surface area (Å²) < 4.78 is 1.25. The van der Waals surface area contributed by atoms with Crippen LogP contribution in [0.15, 0.2) is 0 Å². The molecular formula is C4H6N6S4. The van der Waals surface area contributed by atoms with Crippen LogP contribution in [0.25, 0.3) is 0 Å². The van der Waals surface area contributed by atoms with E-state index in [9.17, 15) is 0 Å². The minimum absolute atomic E-state index is 0.491. The van der Waals surface area contributed by atoms with Gasteiger partial charge in [-0.1, -0.05) is 22.7 Å². The summed E-state index contributed by atoms with van der Waals surface area (Å²) in [6.07, 6.45) is 0. The summed E-state index contributed by atoms with van der Waals surface area (Å²) in [5.74, 6) is 0. The van der Waals surface area contributed by atoms with Crippen molar-refractivity contribution in [2.24, 2.45) is 0 Å². The molecule has 0 atom stereocenters. The number of nitrogen functional groups attached to an aromatic ring is 2. The Kier molecular flexibility index (Phi) is 4.13. The quantitative estimate of drug-likeness (QED) is 0.539. The van der Waals surface area contributed by atoms with Crippen molar-refractivity contribution in [3.63, 3.8) is 0 Å². The molecule has 0 radical (unpaired) electrons. The Morgan fingerprint density at radius 1 is 0.929 bits per heavy atom. The molecule has 2 aromatic heterocycles. The molecule has 0 aromatic carbocycles. The minimum Gasteiger partial charge on any atom is -0.374 e. The van der Waals surface area contributed by atoms with E-state index in [-0.39, 0.29) is 0 Å².